The lowest BCUT2D eigenvalue weighted by Crippen LogP contribution is -2.23. The van der Waals surface area contributed by atoms with E-state index in [-0.39, 0.29) is 11.9 Å². The van der Waals surface area contributed by atoms with Crippen molar-refractivity contribution in [1.29, 1.82) is 0 Å². The van der Waals surface area contributed by atoms with Crippen LogP contribution in [-0.4, -0.2) is 6.61 Å². The Bertz CT molecular complexity index is 624. The molecule has 3 heteroatoms. The molecular formula is C17H18FNO. The monoisotopic (exact) mass is 271 g/mol. The minimum atomic E-state index is -0.303. The van der Waals surface area contributed by atoms with Crippen molar-refractivity contribution in [3.63, 3.8) is 0 Å². The van der Waals surface area contributed by atoms with Gasteiger partial charge in [0.05, 0.1) is 6.61 Å². The Hall–Kier alpha value is -1.87. The number of rotatable bonds is 4. The zero-order valence-electron chi connectivity index (χ0n) is 11.5. The van der Waals surface area contributed by atoms with Gasteiger partial charge in [-0.05, 0) is 30.5 Å². The van der Waals surface area contributed by atoms with Crippen LogP contribution in [0.3, 0.4) is 0 Å². The van der Waals surface area contributed by atoms with E-state index in [2.05, 4.69) is 18.2 Å². The molecule has 0 amide bonds. The van der Waals surface area contributed by atoms with Gasteiger partial charge in [-0.1, -0.05) is 30.3 Å². The second-order valence-corrected chi connectivity index (χ2v) is 5.38. The summed E-state index contributed by atoms with van der Waals surface area (Å²) >= 11 is 0. The predicted molar refractivity (Wildman–Crippen MR) is 77.4 cm³/mol. The molecule has 1 aliphatic carbocycles. The second kappa shape index (κ2) is 5.25. The zero-order valence-corrected chi connectivity index (χ0v) is 11.5. The maximum Gasteiger partial charge on any atom is 0.131 e. The van der Waals surface area contributed by atoms with Crippen molar-refractivity contribution < 1.29 is 9.13 Å². The molecule has 0 saturated heterocycles. The Morgan fingerprint density at radius 2 is 2.10 bits per heavy atom. The fourth-order valence-corrected chi connectivity index (χ4v) is 2.68. The quantitative estimate of drug-likeness (QED) is 0.922. The van der Waals surface area contributed by atoms with Crippen molar-refractivity contribution in [3.05, 3.63) is 65.0 Å². The van der Waals surface area contributed by atoms with Crippen LogP contribution < -0.4 is 10.5 Å². The third-order valence-corrected chi connectivity index (χ3v) is 3.87. The molecule has 0 spiro atoms. The van der Waals surface area contributed by atoms with Gasteiger partial charge < -0.3 is 10.5 Å². The molecule has 3 rings (SSSR count). The molecular weight excluding hydrogens is 253 g/mol. The summed E-state index contributed by atoms with van der Waals surface area (Å²) in [5.41, 5.74) is 8.95. The number of benzene rings is 2. The molecule has 104 valence electrons. The van der Waals surface area contributed by atoms with Crippen LogP contribution in [0.5, 0.6) is 5.75 Å². The van der Waals surface area contributed by atoms with Crippen molar-refractivity contribution in [2.24, 2.45) is 5.73 Å². The molecule has 2 nitrogen and oxygen atoms in total. The highest BCUT2D eigenvalue weighted by molar-refractivity contribution is 5.40. The highest BCUT2D eigenvalue weighted by Gasteiger charge is 2.25. The fraction of sp³-hybridized carbons (Fsp3) is 0.294. The number of ether oxygens (including phenoxy) is 1. The van der Waals surface area contributed by atoms with Crippen LogP contribution in [0.2, 0.25) is 0 Å². The Morgan fingerprint density at radius 1 is 1.30 bits per heavy atom. The van der Waals surface area contributed by atoms with Crippen molar-refractivity contribution in [2.75, 3.05) is 6.61 Å². The van der Waals surface area contributed by atoms with Crippen molar-refractivity contribution in [3.8, 4) is 5.75 Å². The van der Waals surface area contributed by atoms with Crippen LogP contribution in [0.1, 0.15) is 35.6 Å². The first-order valence-corrected chi connectivity index (χ1v) is 6.91. The first-order chi connectivity index (χ1) is 9.65. The second-order valence-electron chi connectivity index (χ2n) is 5.38. The molecule has 0 fully saturated rings. The van der Waals surface area contributed by atoms with Crippen LogP contribution in [-0.2, 0) is 6.42 Å². The minimum Gasteiger partial charge on any atom is -0.493 e. The summed E-state index contributed by atoms with van der Waals surface area (Å²) in [4.78, 5) is 0. The molecule has 2 aromatic carbocycles. The largest absolute Gasteiger partial charge is 0.493 e. The molecule has 0 saturated carbocycles. The van der Waals surface area contributed by atoms with Gasteiger partial charge in [-0.15, -0.1) is 0 Å². The molecule has 2 unspecified atom stereocenters. The maximum atomic E-state index is 13.8. The van der Waals surface area contributed by atoms with E-state index in [1.54, 1.807) is 19.1 Å². The lowest BCUT2D eigenvalue weighted by atomic mass is 9.78. The lowest BCUT2D eigenvalue weighted by molar-refractivity contribution is 0.274. The molecule has 0 bridgehead atoms. The number of nitrogens with two attached hydrogens (primary N) is 1. The number of fused-ring (bicyclic) bond motifs is 1. The van der Waals surface area contributed by atoms with Crippen LogP contribution in [0.4, 0.5) is 4.39 Å². The summed E-state index contributed by atoms with van der Waals surface area (Å²) in [6.07, 6.45) is 1.04. The Labute approximate surface area is 118 Å². The summed E-state index contributed by atoms with van der Waals surface area (Å²) in [5.74, 6) is 0.685. The summed E-state index contributed by atoms with van der Waals surface area (Å²) in [6.45, 7) is 2.36. The molecule has 0 radical (unpaired) electrons. The van der Waals surface area contributed by atoms with Gasteiger partial charge in [0.1, 0.15) is 11.6 Å². The van der Waals surface area contributed by atoms with Crippen LogP contribution in [0, 0.1) is 5.82 Å². The van der Waals surface area contributed by atoms with E-state index in [0.29, 0.717) is 23.8 Å². The molecule has 20 heavy (non-hydrogen) atoms. The molecule has 2 aromatic rings. The predicted octanol–water partition coefficient (Wildman–Crippen LogP) is 3.56. The zero-order chi connectivity index (χ0) is 14.1. The molecule has 2 atom stereocenters. The Balaban J connectivity index is 1.64. The van der Waals surface area contributed by atoms with Gasteiger partial charge in [0, 0.05) is 23.6 Å². The van der Waals surface area contributed by atoms with Crippen LogP contribution in [0.25, 0.3) is 0 Å². The average Bonchev–Trinajstić information content (AvgIpc) is 2.39. The van der Waals surface area contributed by atoms with Gasteiger partial charge in [0.2, 0.25) is 0 Å². The van der Waals surface area contributed by atoms with Gasteiger partial charge in [-0.3, -0.25) is 0 Å². The Kier molecular flexibility index (Phi) is 3.45. The number of halogens is 1. The maximum absolute atomic E-state index is 13.8. The molecule has 0 aliphatic heterocycles. The van der Waals surface area contributed by atoms with E-state index in [1.165, 1.54) is 17.2 Å². The third-order valence-electron chi connectivity index (χ3n) is 3.87. The van der Waals surface area contributed by atoms with Crippen LogP contribution >= 0.6 is 0 Å². The highest BCUT2D eigenvalue weighted by Crippen LogP contribution is 2.35. The standard InChI is InChI=1S/C17H18FNO/c1-11(19)15-7-6-14(9-17(15)18)20-10-13-8-12-4-2-3-5-16(12)13/h2-7,9,11,13H,8,10,19H2,1H3. The van der Waals surface area contributed by atoms with Gasteiger partial charge in [-0.2, -0.15) is 0 Å². The number of hydrogen-bond acceptors (Lipinski definition) is 2. The van der Waals surface area contributed by atoms with Gasteiger partial charge in [-0.25, -0.2) is 4.39 Å². The molecule has 0 aromatic heterocycles. The fourth-order valence-electron chi connectivity index (χ4n) is 2.68. The summed E-state index contributed by atoms with van der Waals surface area (Å²) in [7, 11) is 0. The molecule has 2 N–H and O–H groups in total. The third kappa shape index (κ3) is 2.41. The first-order valence-electron chi connectivity index (χ1n) is 6.91. The average molecular weight is 271 g/mol. The molecule has 1 aliphatic rings. The van der Waals surface area contributed by atoms with E-state index in [1.807, 2.05) is 6.07 Å². The van der Waals surface area contributed by atoms with Crippen LogP contribution in [0.15, 0.2) is 42.5 Å². The summed E-state index contributed by atoms with van der Waals surface area (Å²) < 4.78 is 19.5. The van der Waals surface area contributed by atoms with E-state index >= 15 is 0 Å². The van der Waals surface area contributed by atoms with Gasteiger partial charge >= 0.3 is 0 Å². The summed E-state index contributed by atoms with van der Waals surface area (Å²) in [5, 5.41) is 0. The van der Waals surface area contributed by atoms with E-state index in [4.69, 9.17) is 10.5 Å². The SMILES string of the molecule is CC(N)c1ccc(OCC2Cc3ccccc32)cc1F. The van der Waals surface area contributed by atoms with Gasteiger partial charge in [0.25, 0.3) is 0 Å². The van der Waals surface area contributed by atoms with Crippen molar-refractivity contribution in [2.45, 2.75) is 25.3 Å². The number of hydrogen-bond donors (Lipinski definition) is 1. The Morgan fingerprint density at radius 3 is 2.80 bits per heavy atom. The smallest absolute Gasteiger partial charge is 0.131 e. The van der Waals surface area contributed by atoms with Crippen molar-refractivity contribution >= 4 is 0 Å². The highest BCUT2D eigenvalue weighted by atomic mass is 19.1. The lowest BCUT2D eigenvalue weighted by Gasteiger charge is -2.29. The van der Waals surface area contributed by atoms with E-state index < -0.39 is 0 Å². The van der Waals surface area contributed by atoms with E-state index in [0.717, 1.165) is 6.42 Å². The summed E-state index contributed by atoms with van der Waals surface area (Å²) in [6, 6.07) is 13.0. The normalized spacial score (nSPS) is 18.1. The van der Waals surface area contributed by atoms with Crippen molar-refractivity contribution in [1.82, 2.24) is 0 Å². The van der Waals surface area contributed by atoms with E-state index in [9.17, 15) is 4.39 Å². The first kappa shape index (κ1) is 13.1. The van der Waals surface area contributed by atoms with Gasteiger partial charge in [0.15, 0.2) is 0 Å². The molecule has 0 heterocycles. The minimum absolute atomic E-state index is 0.300. The topological polar surface area (TPSA) is 35.2 Å².